The summed E-state index contributed by atoms with van der Waals surface area (Å²) in [5.41, 5.74) is 8.82. The van der Waals surface area contributed by atoms with Gasteiger partial charge in [0.2, 0.25) is 5.91 Å². The second-order valence-corrected chi connectivity index (χ2v) is 10.3. The van der Waals surface area contributed by atoms with Gasteiger partial charge < -0.3 is 14.9 Å². The van der Waals surface area contributed by atoms with E-state index in [9.17, 15) is 9.59 Å². The van der Waals surface area contributed by atoms with Crippen LogP contribution < -0.4 is 5.73 Å². The topological polar surface area (TPSA) is 95.8 Å². The maximum Gasteiger partial charge on any atom is 0.217 e. The van der Waals surface area contributed by atoms with Crippen LogP contribution in [0.5, 0.6) is 0 Å². The van der Waals surface area contributed by atoms with E-state index in [1.807, 2.05) is 55.7 Å². The maximum absolute atomic E-state index is 13.4. The highest BCUT2D eigenvalue weighted by molar-refractivity contribution is 8.00. The van der Waals surface area contributed by atoms with Crippen molar-refractivity contribution in [2.75, 3.05) is 0 Å². The average Bonchev–Trinajstić information content (AvgIpc) is 3.26. The second kappa shape index (κ2) is 10.6. The highest BCUT2D eigenvalue weighted by Gasteiger charge is 2.25. The molecule has 1 atom stereocenters. The fourth-order valence-electron chi connectivity index (χ4n) is 3.80. The number of Topliss-reactive ketones (excluding diaryl/α,β-unsaturated/α-hetero) is 1. The molecule has 0 spiro atoms. The monoisotopic (exact) mass is 487 g/mol. The number of thioether (sulfide) groups is 1. The van der Waals surface area contributed by atoms with E-state index in [1.165, 1.54) is 11.8 Å². The van der Waals surface area contributed by atoms with E-state index in [2.05, 4.69) is 28.6 Å². The van der Waals surface area contributed by atoms with Gasteiger partial charge in [-0.15, -0.1) is 10.2 Å². The van der Waals surface area contributed by atoms with Gasteiger partial charge in [0.1, 0.15) is 5.82 Å². The number of primary amides is 1. The highest BCUT2D eigenvalue weighted by atomic mass is 35.5. The van der Waals surface area contributed by atoms with Crippen molar-refractivity contribution in [3.63, 3.8) is 0 Å². The molecule has 9 heteroatoms. The molecule has 0 aliphatic heterocycles. The highest BCUT2D eigenvalue weighted by Crippen LogP contribution is 2.29. The predicted molar refractivity (Wildman–Crippen MR) is 132 cm³/mol. The molecular weight excluding hydrogens is 458 g/mol. The lowest BCUT2D eigenvalue weighted by Crippen LogP contribution is -2.18. The minimum absolute atomic E-state index is 0.0334. The first-order valence-corrected chi connectivity index (χ1v) is 12.2. The Bertz CT molecular complexity index is 1150. The Balaban J connectivity index is 1.84. The quantitative estimate of drug-likeness (QED) is 0.328. The predicted octanol–water partition coefficient (Wildman–Crippen LogP) is 4.78. The molecule has 176 valence electrons. The van der Waals surface area contributed by atoms with E-state index in [4.69, 9.17) is 17.3 Å². The number of amides is 1. The number of aromatic nitrogens is 4. The van der Waals surface area contributed by atoms with Crippen LogP contribution in [-0.4, -0.2) is 36.3 Å². The Kier molecular flexibility index (Phi) is 8.02. The van der Waals surface area contributed by atoms with Crippen LogP contribution in [0.4, 0.5) is 0 Å². The van der Waals surface area contributed by atoms with E-state index < -0.39 is 0 Å². The number of nitrogens with zero attached hydrogens (tertiary/aromatic N) is 4. The summed E-state index contributed by atoms with van der Waals surface area (Å²) in [5.74, 6) is 0.733. The molecule has 0 aliphatic carbocycles. The summed E-state index contributed by atoms with van der Waals surface area (Å²) in [6.07, 6.45) is 0.645. The summed E-state index contributed by atoms with van der Waals surface area (Å²) >= 11 is 7.42. The minimum Gasteiger partial charge on any atom is -0.370 e. The summed E-state index contributed by atoms with van der Waals surface area (Å²) in [5, 5.41) is 9.57. The zero-order valence-electron chi connectivity index (χ0n) is 19.6. The standard InChI is InChI=1S/C24H30ClN5O2S/c1-14(2)13-29-22(11-10-21(26)31)27-28-24(29)33-17(5)23(32)20-12-15(3)30(16(20)4)19-8-6-18(25)7-9-19/h6-9,12,14,17H,10-11,13H2,1-5H3,(H2,26,31). The zero-order valence-corrected chi connectivity index (χ0v) is 21.2. The lowest BCUT2D eigenvalue weighted by atomic mass is 10.1. The number of hydrogen-bond donors (Lipinski definition) is 1. The number of rotatable bonds is 10. The third-order valence-electron chi connectivity index (χ3n) is 5.37. The smallest absolute Gasteiger partial charge is 0.217 e. The van der Waals surface area contributed by atoms with Crippen molar-refractivity contribution >= 4 is 35.1 Å². The van der Waals surface area contributed by atoms with Gasteiger partial charge in [0.15, 0.2) is 10.9 Å². The molecule has 1 amide bonds. The third kappa shape index (κ3) is 5.86. The lowest BCUT2D eigenvalue weighted by Gasteiger charge is -2.15. The molecule has 0 saturated carbocycles. The number of benzene rings is 1. The summed E-state index contributed by atoms with van der Waals surface area (Å²) in [6.45, 7) is 10.7. The Morgan fingerprint density at radius 2 is 1.79 bits per heavy atom. The third-order valence-corrected chi connectivity index (χ3v) is 6.70. The van der Waals surface area contributed by atoms with E-state index in [-0.39, 0.29) is 23.4 Å². The first-order valence-electron chi connectivity index (χ1n) is 10.9. The van der Waals surface area contributed by atoms with Crippen molar-refractivity contribution in [2.24, 2.45) is 11.7 Å². The van der Waals surface area contributed by atoms with Crippen molar-refractivity contribution in [3.8, 4) is 5.69 Å². The van der Waals surface area contributed by atoms with Crippen LogP contribution in [-0.2, 0) is 17.8 Å². The molecule has 3 aromatic rings. The zero-order chi connectivity index (χ0) is 24.3. The number of halogens is 1. The largest absolute Gasteiger partial charge is 0.370 e. The Hall–Kier alpha value is -2.58. The number of aryl methyl sites for hydroxylation is 2. The van der Waals surface area contributed by atoms with E-state index in [0.717, 1.165) is 17.1 Å². The van der Waals surface area contributed by atoms with Crippen LogP contribution in [0.1, 0.15) is 54.8 Å². The molecule has 0 fully saturated rings. The Labute approximate surface area is 203 Å². The first kappa shape index (κ1) is 25.1. The van der Waals surface area contributed by atoms with E-state index in [0.29, 0.717) is 40.5 Å². The molecule has 0 aliphatic rings. The Morgan fingerprint density at radius 3 is 2.39 bits per heavy atom. The second-order valence-electron chi connectivity index (χ2n) is 8.59. The molecule has 0 radical (unpaired) electrons. The number of carbonyl (C=O) groups is 2. The van der Waals surface area contributed by atoms with E-state index in [1.54, 1.807) is 0 Å². The number of ketones is 1. The molecular formula is C24H30ClN5O2S. The fraction of sp³-hybridized carbons (Fsp3) is 0.417. The van der Waals surface area contributed by atoms with Crippen LogP contribution in [0.3, 0.4) is 0 Å². The van der Waals surface area contributed by atoms with Crippen molar-refractivity contribution in [2.45, 2.75) is 64.4 Å². The molecule has 1 aromatic carbocycles. The first-order chi connectivity index (χ1) is 15.6. The van der Waals surface area contributed by atoms with Crippen LogP contribution in [0, 0.1) is 19.8 Å². The van der Waals surface area contributed by atoms with Gasteiger partial charge in [0.05, 0.1) is 5.25 Å². The van der Waals surface area contributed by atoms with Crippen LogP contribution in [0.25, 0.3) is 5.69 Å². The molecule has 2 N–H and O–H groups in total. The number of carbonyl (C=O) groups excluding carboxylic acids is 2. The number of hydrogen-bond acceptors (Lipinski definition) is 5. The summed E-state index contributed by atoms with van der Waals surface area (Å²) in [4.78, 5) is 24.6. The van der Waals surface area contributed by atoms with Crippen molar-refractivity contribution < 1.29 is 9.59 Å². The molecule has 7 nitrogen and oxygen atoms in total. The molecule has 1 unspecified atom stereocenters. The Morgan fingerprint density at radius 1 is 1.12 bits per heavy atom. The van der Waals surface area contributed by atoms with Crippen molar-refractivity contribution in [1.82, 2.24) is 19.3 Å². The van der Waals surface area contributed by atoms with Crippen molar-refractivity contribution in [1.29, 1.82) is 0 Å². The van der Waals surface area contributed by atoms with Crippen LogP contribution >= 0.6 is 23.4 Å². The molecule has 33 heavy (non-hydrogen) atoms. The molecule has 0 saturated heterocycles. The van der Waals surface area contributed by atoms with Gasteiger partial charge >= 0.3 is 0 Å². The molecule has 3 rings (SSSR count). The van der Waals surface area contributed by atoms with Gasteiger partial charge in [-0.2, -0.15) is 0 Å². The normalized spacial score (nSPS) is 12.3. The van der Waals surface area contributed by atoms with Gasteiger partial charge in [-0.1, -0.05) is 37.2 Å². The summed E-state index contributed by atoms with van der Waals surface area (Å²) in [7, 11) is 0. The average molecular weight is 488 g/mol. The summed E-state index contributed by atoms with van der Waals surface area (Å²) < 4.78 is 4.06. The minimum atomic E-state index is -0.372. The van der Waals surface area contributed by atoms with Crippen molar-refractivity contribution in [3.05, 3.63) is 58.1 Å². The lowest BCUT2D eigenvalue weighted by molar-refractivity contribution is -0.118. The van der Waals surface area contributed by atoms with Gasteiger partial charge in [-0.25, -0.2) is 0 Å². The van der Waals surface area contributed by atoms with Gasteiger partial charge in [0, 0.05) is 47.0 Å². The van der Waals surface area contributed by atoms with E-state index >= 15 is 0 Å². The SMILES string of the molecule is Cc1cc(C(=O)C(C)Sc2nnc(CCC(N)=O)n2CC(C)C)c(C)n1-c1ccc(Cl)cc1. The number of nitrogens with two attached hydrogens (primary N) is 1. The van der Waals surface area contributed by atoms with Gasteiger partial charge in [0.25, 0.3) is 0 Å². The molecule has 0 bridgehead atoms. The molecule has 2 heterocycles. The maximum atomic E-state index is 13.4. The van der Waals surface area contributed by atoms with Gasteiger partial charge in [-0.05, 0) is 57.0 Å². The molecule has 2 aromatic heterocycles. The van der Waals surface area contributed by atoms with Crippen LogP contribution in [0.15, 0.2) is 35.5 Å². The summed E-state index contributed by atoms with van der Waals surface area (Å²) in [6, 6.07) is 9.49. The van der Waals surface area contributed by atoms with Gasteiger partial charge in [-0.3, -0.25) is 9.59 Å². The van der Waals surface area contributed by atoms with Crippen LogP contribution in [0.2, 0.25) is 5.02 Å². The fourth-order valence-corrected chi connectivity index (χ4v) is 4.88.